The van der Waals surface area contributed by atoms with Crippen LogP contribution in [0.2, 0.25) is 0 Å². The Labute approximate surface area is 126 Å². The highest BCUT2D eigenvalue weighted by atomic mass is 19.1. The van der Waals surface area contributed by atoms with E-state index in [1.165, 1.54) is 6.07 Å². The zero-order valence-corrected chi connectivity index (χ0v) is 12.4. The topological polar surface area (TPSA) is 35.0 Å². The lowest BCUT2D eigenvalue weighted by molar-refractivity contribution is 0.413. The first-order chi connectivity index (χ1) is 10.5. The second-order valence-electron chi connectivity index (χ2n) is 5.11. The van der Waals surface area contributed by atoms with E-state index < -0.39 is 11.6 Å². The van der Waals surface area contributed by atoms with Crippen molar-refractivity contribution in [3.05, 3.63) is 53.4 Å². The highest BCUT2D eigenvalue weighted by molar-refractivity contribution is 5.87. The molecule has 0 radical (unpaired) electrons. The predicted octanol–water partition coefficient (Wildman–Crippen LogP) is 4.20. The fraction of sp³-hybridized carbons (Fsp3) is 0.176. The summed E-state index contributed by atoms with van der Waals surface area (Å²) in [7, 11) is 1.55. The van der Waals surface area contributed by atoms with Gasteiger partial charge in [-0.15, -0.1) is 0 Å². The largest absolute Gasteiger partial charge is 0.495 e. The fourth-order valence-corrected chi connectivity index (χ4v) is 2.53. The van der Waals surface area contributed by atoms with E-state index in [1.54, 1.807) is 32.5 Å². The Morgan fingerprint density at radius 1 is 1.00 bits per heavy atom. The van der Waals surface area contributed by atoms with Crippen molar-refractivity contribution in [2.45, 2.75) is 13.8 Å². The number of aryl methyl sites for hydroxylation is 1. The van der Waals surface area contributed by atoms with Crippen molar-refractivity contribution in [1.29, 1.82) is 0 Å². The molecule has 5 heteroatoms. The molecule has 0 amide bonds. The number of ether oxygens (including phenoxy) is 1. The Kier molecular flexibility index (Phi) is 3.48. The molecule has 1 aromatic carbocycles. The van der Waals surface area contributed by atoms with Crippen LogP contribution in [0.15, 0.2) is 30.6 Å². The minimum absolute atomic E-state index is 0.290. The van der Waals surface area contributed by atoms with Gasteiger partial charge in [0.2, 0.25) is 0 Å². The first-order valence-electron chi connectivity index (χ1n) is 6.76. The third kappa shape index (κ3) is 2.28. The molecule has 3 rings (SSSR count). The van der Waals surface area contributed by atoms with E-state index in [-0.39, 0.29) is 0 Å². The first-order valence-corrected chi connectivity index (χ1v) is 6.76. The molecule has 0 aliphatic carbocycles. The van der Waals surface area contributed by atoms with Crippen LogP contribution in [0.25, 0.3) is 22.2 Å². The molecule has 0 spiro atoms. The third-order valence-electron chi connectivity index (χ3n) is 3.78. The smallest absolute Gasteiger partial charge is 0.137 e. The van der Waals surface area contributed by atoms with Crippen molar-refractivity contribution in [3.63, 3.8) is 0 Å². The van der Waals surface area contributed by atoms with Gasteiger partial charge in [0.25, 0.3) is 0 Å². The molecule has 0 N–H and O–H groups in total. The van der Waals surface area contributed by atoms with Crippen molar-refractivity contribution in [1.82, 2.24) is 9.97 Å². The molecule has 22 heavy (non-hydrogen) atoms. The van der Waals surface area contributed by atoms with Gasteiger partial charge in [-0.25, -0.2) is 13.8 Å². The van der Waals surface area contributed by atoms with Gasteiger partial charge in [0, 0.05) is 29.3 Å². The van der Waals surface area contributed by atoms with E-state index in [1.807, 2.05) is 6.92 Å². The molecule has 3 aromatic rings. The van der Waals surface area contributed by atoms with Crippen molar-refractivity contribution in [3.8, 4) is 17.0 Å². The SMILES string of the molecule is COc1cncc(-c2nc3cc(F)cc(F)c3c(C)c2C)c1. The van der Waals surface area contributed by atoms with E-state index in [4.69, 9.17) is 4.74 Å². The molecule has 0 fully saturated rings. The lowest BCUT2D eigenvalue weighted by Crippen LogP contribution is -1.98. The van der Waals surface area contributed by atoms with Gasteiger partial charge in [-0.05, 0) is 31.0 Å². The highest BCUT2D eigenvalue weighted by Crippen LogP contribution is 2.31. The third-order valence-corrected chi connectivity index (χ3v) is 3.78. The van der Waals surface area contributed by atoms with Crippen molar-refractivity contribution >= 4 is 10.9 Å². The number of hydrogen-bond acceptors (Lipinski definition) is 3. The Hall–Kier alpha value is -2.56. The van der Waals surface area contributed by atoms with Crippen LogP contribution in [-0.4, -0.2) is 17.1 Å². The fourth-order valence-electron chi connectivity index (χ4n) is 2.53. The predicted molar refractivity (Wildman–Crippen MR) is 80.9 cm³/mol. The summed E-state index contributed by atoms with van der Waals surface area (Å²) in [6.07, 6.45) is 3.24. The summed E-state index contributed by atoms with van der Waals surface area (Å²) in [5, 5.41) is 0.346. The van der Waals surface area contributed by atoms with Gasteiger partial charge in [-0.1, -0.05) is 0 Å². The zero-order valence-electron chi connectivity index (χ0n) is 12.4. The molecule has 0 aliphatic rings. The van der Waals surface area contributed by atoms with Crippen molar-refractivity contribution < 1.29 is 13.5 Å². The summed E-state index contributed by atoms with van der Waals surface area (Å²) < 4.78 is 32.7. The Balaban J connectivity index is 2.33. The number of methoxy groups -OCH3 is 1. The molecular formula is C17H14F2N2O. The van der Waals surface area contributed by atoms with Gasteiger partial charge in [0.05, 0.1) is 24.5 Å². The number of benzene rings is 1. The first kappa shape index (κ1) is 14.4. The summed E-state index contributed by atoms with van der Waals surface area (Å²) >= 11 is 0. The van der Waals surface area contributed by atoms with Crippen LogP contribution in [0.3, 0.4) is 0 Å². The van der Waals surface area contributed by atoms with E-state index in [0.29, 0.717) is 22.3 Å². The van der Waals surface area contributed by atoms with Gasteiger partial charge in [-0.3, -0.25) is 4.98 Å². The maximum atomic E-state index is 14.0. The standard InChI is InChI=1S/C17H14F2N2O/c1-9-10(2)17(11-4-13(22-3)8-20-7-11)21-15-6-12(18)5-14(19)16(9)15/h4-8H,1-3H3. The van der Waals surface area contributed by atoms with E-state index in [9.17, 15) is 8.78 Å². The van der Waals surface area contributed by atoms with Crippen molar-refractivity contribution in [2.75, 3.05) is 7.11 Å². The van der Waals surface area contributed by atoms with Crippen LogP contribution in [0, 0.1) is 25.5 Å². The minimum atomic E-state index is -0.643. The summed E-state index contributed by atoms with van der Waals surface area (Å²) in [6, 6.07) is 3.91. The summed E-state index contributed by atoms with van der Waals surface area (Å²) in [4.78, 5) is 8.53. The van der Waals surface area contributed by atoms with Gasteiger partial charge < -0.3 is 4.74 Å². The number of nitrogens with zero attached hydrogens (tertiary/aromatic N) is 2. The quantitative estimate of drug-likeness (QED) is 0.711. The Morgan fingerprint density at radius 3 is 2.50 bits per heavy atom. The summed E-state index contributed by atoms with van der Waals surface area (Å²) in [5.74, 6) is -0.643. The lowest BCUT2D eigenvalue weighted by atomic mass is 9.99. The van der Waals surface area contributed by atoms with Crippen molar-refractivity contribution in [2.24, 2.45) is 0 Å². The number of pyridine rings is 2. The Morgan fingerprint density at radius 2 is 1.77 bits per heavy atom. The second kappa shape index (κ2) is 5.33. The highest BCUT2D eigenvalue weighted by Gasteiger charge is 2.15. The molecule has 0 atom stereocenters. The molecular weight excluding hydrogens is 286 g/mol. The summed E-state index contributed by atoms with van der Waals surface area (Å²) in [6.45, 7) is 3.66. The monoisotopic (exact) mass is 300 g/mol. The molecule has 2 heterocycles. The van der Waals surface area contributed by atoms with Crippen LogP contribution in [0.5, 0.6) is 5.75 Å². The number of hydrogen-bond donors (Lipinski definition) is 0. The van der Waals surface area contributed by atoms with Gasteiger partial charge in [0.15, 0.2) is 0 Å². The van der Waals surface area contributed by atoms with E-state index in [2.05, 4.69) is 9.97 Å². The normalized spacial score (nSPS) is 11.0. The van der Waals surface area contributed by atoms with E-state index >= 15 is 0 Å². The molecule has 0 aliphatic heterocycles. The molecule has 112 valence electrons. The maximum Gasteiger partial charge on any atom is 0.137 e. The molecule has 0 saturated carbocycles. The molecule has 0 bridgehead atoms. The second-order valence-corrected chi connectivity index (χ2v) is 5.11. The maximum absolute atomic E-state index is 14.0. The van der Waals surface area contributed by atoms with Gasteiger partial charge in [0.1, 0.15) is 17.4 Å². The molecule has 0 unspecified atom stereocenters. The molecule has 0 saturated heterocycles. The van der Waals surface area contributed by atoms with Crippen LogP contribution in [0.1, 0.15) is 11.1 Å². The Bertz CT molecular complexity index is 878. The summed E-state index contributed by atoms with van der Waals surface area (Å²) in [5.41, 5.74) is 3.24. The number of fused-ring (bicyclic) bond motifs is 1. The number of halogens is 2. The van der Waals surface area contributed by atoms with Gasteiger partial charge in [-0.2, -0.15) is 0 Å². The van der Waals surface area contributed by atoms with Gasteiger partial charge >= 0.3 is 0 Å². The molecule has 2 aromatic heterocycles. The zero-order chi connectivity index (χ0) is 15.9. The van der Waals surface area contributed by atoms with Crippen LogP contribution >= 0.6 is 0 Å². The lowest BCUT2D eigenvalue weighted by Gasteiger charge is -2.13. The molecule has 3 nitrogen and oxygen atoms in total. The number of rotatable bonds is 2. The van der Waals surface area contributed by atoms with E-state index in [0.717, 1.165) is 22.8 Å². The van der Waals surface area contributed by atoms with Crippen LogP contribution in [-0.2, 0) is 0 Å². The number of aromatic nitrogens is 2. The average Bonchev–Trinajstić information content (AvgIpc) is 2.50. The average molecular weight is 300 g/mol. The van der Waals surface area contributed by atoms with Crippen LogP contribution < -0.4 is 4.74 Å². The van der Waals surface area contributed by atoms with Crippen LogP contribution in [0.4, 0.5) is 8.78 Å². The minimum Gasteiger partial charge on any atom is -0.495 e.